The Bertz CT molecular complexity index is 163. The topological polar surface area (TPSA) is 58.9 Å². The lowest BCUT2D eigenvalue weighted by Gasteiger charge is -2.43. The Morgan fingerprint density at radius 1 is 0.700 bits per heavy atom. The van der Waals surface area contributed by atoms with E-state index in [1.165, 1.54) is 0 Å². The van der Waals surface area contributed by atoms with Gasteiger partial charge in [0.1, 0.15) is 36.6 Å². The zero-order valence-electron chi connectivity index (χ0n) is 5.18. The third-order valence-corrected chi connectivity index (χ3v) is 2.62. The highest BCUT2D eigenvalue weighted by Gasteiger charge is 2.68. The SMILES string of the molecule is O[C@H]1C2OC3[C@H]1O[C@H]3[C@H]2O. The number of hydrogen-bond acceptors (Lipinski definition) is 4. The summed E-state index contributed by atoms with van der Waals surface area (Å²) in [5.74, 6) is 0. The monoisotopic (exact) mass is 144 g/mol. The molecule has 0 radical (unpaired) electrons. The molecule has 3 fully saturated rings. The van der Waals surface area contributed by atoms with E-state index in [9.17, 15) is 10.2 Å². The van der Waals surface area contributed by atoms with E-state index in [1.807, 2.05) is 0 Å². The highest BCUT2D eigenvalue weighted by Crippen LogP contribution is 2.46. The molecule has 10 heavy (non-hydrogen) atoms. The minimum absolute atomic E-state index is 0.0324. The van der Waals surface area contributed by atoms with Crippen molar-refractivity contribution < 1.29 is 19.7 Å². The van der Waals surface area contributed by atoms with Gasteiger partial charge in [0.15, 0.2) is 0 Å². The summed E-state index contributed by atoms with van der Waals surface area (Å²) < 4.78 is 10.4. The van der Waals surface area contributed by atoms with Gasteiger partial charge in [-0.1, -0.05) is 0 Å². The minimum atomic E-state index is -0.606. The second kappa shape index (κ2) is 1.38. The van der Waals surface area contributed by atoms with Crippen LogP contribution < -0.4 is 0 Å². The van der Waals surface area contributed by atoms with Gasteiger partial charge in [0.2, 0.25) is 0 Å². The molecule has 4 atom stereocenters. The standard InChI is InChI=1S/C6H8O4/c7-1-3-2(8)5-6(9-3)4(1)10-5/h1-8H/t1-,2-,3?,4-,5-,6?/m0/s1. The summed E-state index contributed by atoms with van der Waals surface area (Å²) in [5, 5.41) is 18.6. The molecule has 2 N–H and O–H groups in total. The van der Waals surface area contributed by atoms with Crippen LogP contribution in [-0.2, 0) is 9.47 Å². The summed E-state index contributed by atoms with van der Waals surface area (Å²) in [6.07, 6.45) is -1.93. The van der Waals surface area contributed by atoms with Gasteiger partial charge in [-0.2, -0.15) is 0 Å². The van der Waals surface area contributed by atoms with E-state index in [0.717, 1.165) is 0 Å². The molecule has 0 aliphatic carbocycles. The van der Waals surface area contributed by atoms with Crippen LogP contribution in [0.3, 0.4) is 0 Å². The first-order chi connectivity index (χ1) is 4.79. The summed E-state index contributed by atoms with van der Waals surface area (Å²) in [4.78, 5) is 0. The van der Waals surface area contributed by atoms with Crippen LogP contribution in [0.2, 0.25) is 0 Å². The van der Waals surface area contributed by atoms with Crippen molar-refractivity contribution in [1.29, 1.82) is 0 Å². The lowest BCUT2D eigenvalue weighted by Crippen LogP contribution is -2.64. The van der Waals surface area contributed by atoms with Crippen molar-refractivity contribution in [3.8, 4) is 0 Å². The van der Waals surface area contributed by atoms with Crippen LogP contribution in [-0.4, -0.2) is 46.8 Å². The van der Waals surface area contributed by atoms with Crippen LogP contribution in [0.15, 0.2) is 0 Å². The van der Waals surface area contributed by atoms with E-state index in [-0.39, 0.29) is 24.4 Å². The minimum Gasteiger partial charge on any atom is -0.387 e. The Hall–Kier alpha value is -0.160. The first kappa shape index (κ1) is 5.49. The van der Waals surface area contributed by atoms with Crippen molar-refractivity contribution >= 4 is 0 Å². The van der Waals surface area contributed by atoms with Crippen LogP contribution in [0.5, 0.6) is 0 Å². The molecule has 3 aliphatic rings. The molecule has 4 heteroatoms. The largest absolute Gasteiger partial charge is 0.387 e. The van der Waals surface area contributed by atoms with E-state index in [4.69, 9.17) is 9.47 Å². The number of ether oxygens (including phenoxy) is 2. The summed E-state index contributed by atoms with van der Waals surface area (Å²) in [5.41, 5.74) is 0. The highest BCUT2D eigenvalue weighted by molar-refractivity contribution is 5.15. The van der Waals surface area contributed by atoms with Gasteiger partial charge in [-0.05, 0) is 0 Å². The Labute approximate surface area is 57.4 Å². The molecule has 0 aromatic carbocycles. The normalized spacial score (nSPS) is 70.2. The molecular weight excluding hydrogens is 136 g/mol. The van der Waals surface area contributed by atoms with E-state index in [2.05, 4.69) is 0 Å². The molecule has 0 aromatic heterocycles. The highest BCUT2D eigenvalue weighted by atomic mass is 16.7. The number of rotatable bonds is 0. The molecule has 3 saturated heterocycles. The smallest absolute Gasteiger partial charge is 0.116 e. The number of hydrogen-bond donors (Lipinski definition) is 2. The van der Waals surface area contributed by atoms with E-state index >= 15 is 0 Å². The van der Waals surface area contributed by atoms with E-state index in [0.29, 0.717) is 0 Å². The van der Waals surface area contributed by atoms with Gasteiger partial charge < -0.3 is 19.7 Å². The molecule has 0 saturated carbocycles. The molecule has 3 heterocycles. The molecule has 3 aliphatic heterocycles. The predicted octanol–water partition coefficient (Wildman–Crippen LogP) is -1.74. The summed E-state index contributed by atoms with van der Waals surface area (Å²) >= 11 is 0. The third kappa shape index (κ3) is 0.362. The zero-order chi connectivity index (χ0) is 6.88. The molecule has 0 aromatic rings. The Morgan fingerprint density at radius 2 is 1.20 bits per heavy atom. The van der Waals surface area contributed by atoms with Gasteiger partial charge >= 0.3 is 0 Å². The fraction of sp³-hybridized carbons (Fsp3) is 1.00. The summed E-state index contributed by atoms with van der Waals surface area (Å²) in [6, 6.07) is 0. The molecule has 56 valence electrons. The molecular formula is C6H8O4. The second-order valence-electron chi connectivity index (χ2n) is 3.11. The maximum absolute atomic E-state index is 9.29. The van der Waals surface area contributed by atoms with Crippen molar-refractivity contribution in [3.05, 3.63) is 0 Å². The molecule has 0 amide bonds. The van der Waals surface area contributed by atoms with Crippen LogP contribution in [0, 0.1) is 0 Å². The second-order valence-corrected chi connectivity index (χ2v) is 3.11. The van der Waals surface area contributed by atoms with Crippen molar-refractivity contribution in [2.75, 3.05) is 0 Å². The summed E-state index contributed by atoms with van der Waals surface area (Å²) in [6.45, 7) is 0. The maximum atomic E-state index is 9.29. The van der Waals surface area contributed by atoms with E-state index in [1.54, 1.807) is 0 Å². The first-order valence-corrected chi connectivity index (χ1v) is 3.46. The van der Waals surface area contributed by atoms with Crippen LogP contribution in [0.1, 0.15) is 0 Å². The number of aliphatic hydroxyl groups excluding tert-OH is 2. The molecule has 2 bridgehead atoms. The zero-order valence-corrected chi connectivity index (χ0v) is 5.18. The Balaban J connectivity index is 2.00. The Morgan fingerprint density at radius 3 is 1.50 bits per heavy atom. The average molecular weight is 144 g/mol. The summed E-state index contributed by atoms with van der Waals surface area (Å²) in [7, 11) is 0. The van der Waals surface area contributed by atoms with Crippen molar-refractivity contribution in [2.24, 2.45) is 0 Å². The molecule has 0 spiro atoms. The lowest BCUT2D eigenvalue weighted by molar-refractivity contribution is -0.233. The van der Waals surface area contributed by atoms with Gasteiger partial charge in [-0.3, -0.25) is 0 Å². The molecule has 0 unspecified atom stereocenters. The van der Waals surface area contributed by atoms with Crippen LogP contribution >= 0.6 is 0 Å². The average Bonchev–Trinajstić information content (AvgIpc) is 2.16. The van der Waals surface area contributed by atoms with Crippen LogP contribution in [0.25, 0.3) is 0 Å². The Kier molecular flexibility index (Phi) is 0.757. The lowest BCUT2D eigenvalue weighted by atomic mass is 9.84. The van der Waals surface area contributed by atoms with Gasteiger partial charge in [0, 0.05) is 0 Å². The fourth-order valence-corrected chi connectivity index (χ4v) is 2.06. The van der Waals surface area contributed by atoms with Gasteiger partial charge in [-0.25, -0.2) is 0 Å². The maximum Gasteiger partial charge on any atom is 0.116 e. The van der Waals surface area contributed by atoms with Gasteiger partial charge in [-0.15, -0.1) is 0 Å². The third-order valence-electron chi connectivity index (χ3n) is 2.62. The fourth-order valence-electron chi connectivity index (χ4n) is 2.06. The molecule has 4 nitrogen and oxygen atoms in total. The van der Waals surface area contributed by atoms with Gasteiger partial charge in [0.25, 0.3) is 0 Å². The van der Waals surface area contributed by atoms with Crippen molar-refractivity contribution in [2.45, 2.75) is 36.6 Å². The van der Waals surface area contributed by atoms with Crippen molar-refractivity contribution in [1.82, 2.24) is 0 Å². The number of fused-ring (bicyclic) bond motifs is 1. The molecule has 3 rings (SSSR count). The van der Waals surface area contributed by atoms with Gasteiger partial charge in [0.05, 0.1) is 0 Å². The van der Waals surface area contributed by atoms with Crippen molar-refractivity contribution in [3.63, 3.8) is 0 Å². The predicted molar refractivity (Wildman–Crippen MR) is 29.3 cm³/mol. The first-order valence-electron chi connectivity index (χ1n) is 3.46. The number of aliphatic hydroxyl groups is 2. The van der Waals surface area contributed by atoms with Crippen LogP contribution in [0.4, 0.5) is 0 Å². The quantitative estimate of drug-likeness (QED) is 0.423. The van der Waals surface area contributed by atoms with E-state index < -0.39 is 12.2 Å².